The van der Waals surface area contributed by atoms with Crippen molar-refractivity contribution in [2.24, 2.45) is 7.05 Å². The average Bonchev–Trinajstić information content (AvgIpc) is 2.88. The molecule has 0 aliphatic rings. The Balaban J connectivity index is 1.78. The standard InChI is InChI=1S/C15H12Cl2N4S/c1-21-14(13-4-2-3-7-18-13)19-20-15(21)22-9-10-5-6-11(16)8-12(10)17/h2-8H,9H2,1H3. The van der Waals surface area contributed by atoms with E-state index >= 15 is 0 Å². The van der Waals surface area contributed by atoms with Crippen LogP contribution in [0.3, 0.4) is 0 Å². The van der Waals surface area contributed by atoms with Gasteiger partial charge in [-0.25, -0.2) is 0 Å². The van der Waals surface area contributed by atoms with Crippen molar-refractivity contribution in [1.29, 1.82) is 0 Å². The lowest BCUT2D eigenvalue weighted by molar-refractivity contribution is 0.792. The molecule has 0 spiro atoms. The van der Waals surface area contributed by atoms with Crippen molar-refractivity contribution in [3.05, 3.63) is 58.2 Å². The van der Waals surface area contributed by atoms with E-state index in [2.05, 4.69) is 15.2 Å². The second-order valence-electron chi connectivity index (χ2n) is 4.60. The first-order valence-electron chi connectivity index (χ1n) is 6.52. The minimum absolute atomic E-state index is 0.634. The monoisotopic (exact) mass is 350 g/mol. The quantitative estimate of drug-likeness (QED) is 0.650. The van der Waals surface area contributed by atoms with E-state index in [1.807, 2.05) is 41.9 Å². The van der Waals surface area contributed by atoms with Gasteiger partial charge in [0.1, 0.15) is 5.69 Å². The van der Waals surface area contributed by atoms with Crippen LogP contribution in [0, 0.1) is 0 Å². The predicted octanol–water partition coefficient (Wildman–Crippen LogP) is 4.48. The molecule has 0 fully saturated rings. The summed E-state index contributed by atoms with van der Waals surface area (Å²) < 4.78 is 1.93. The Hall–Kier alpha value is -1.56. The van der Waals surface area contributed by atoms with Gasteiger partial charge in [0.2, 0.25) is 0 Å². The minimum Gasteiger partial charge on any atom is -0.304 e. The summed E-state index contributed by atoms with van der Waals surface area (Å²) in [4.78, 5) is 4.30. The van der Waals surface area contributed by atoms with Crippen molar-refractivity contribution in [2.75, 3.05) is 0 Å². The van der Waals surface area contributed by atoms with E-state index in [9.17, 15) is 0 Å². The summed E-state index contributed by atoms with van der Waals surface area (Å²) in [6.45, 7) is 0. The molecule has 0 unspecified atom stereocenters. The zero-order valence-electron chi connectivity index (χ0n) is 11.7. The molecule has 1 aromatic carbocycles. The fourth-order valence-corrected chi connectivity index (χ4v) is 3.41. The highest BCUT2D eigenvalue weighted by Gasteiger charge is 2.12. The van der Waals surface area contributed by atoms with Crippen LogP contribution in [0.15, 0.2) is 47.8 Å². The number of nitrogens with zero attached hydrogens (tertiary/aromatic N) is 4. The SMILES string of the molecule is Cn1c(SCc2ccc(Cl)cc2Cl)nnc1-c1ccccn1. The van der Waals surface area contributed by atoms with Gasteiger partial charge >= 0.3 is 0 Å². The van der Waals surface area contributed by atoms with Crippen molar-refractivity contribution in [3.63, 3.8) is 0 Å². The van der Waals surface area contributed by atoms with Crippen LogP contribution < -0.4 is 0 Å². The molecule has 0 amide bonds. The molecule has 112 valence electrons. The first-order chi connectivity index (χ1) is 10.6. The number of rotatable bonds is 4. The van der Waals surface area contributed by atoms with E-state index in [-0.39, 0.29) is 0 Å². The second kappa shape index (κ2) is 6.69. The van der Waals surface area contributed by atoms with Gasteiger partial charge in [0, 0.05) is 29.0 Å². The highest BCUT2D eigenvalue weighted by atomic mass is 35.5. The normalized spacial score (nSPS) is 10.9. The van der Waals surface area contributed by atoms with Crippen LogP contribution in [0.1, 0.15) is 5.56 Å². The van der Waals surface area contributed by atoms with Gasteiger partial charge in [0.15, 0.2) is 11.0 Å². The average molecular weight is 351 g/mol. The molecule has 0 saturated carbocycles. The first kappa shape index (κ1) is 15.3. The van der Waals surface area contributed by atoms with Crippen LogP contribution in [0.4, 0.5) is 0 Å². The molecule has 2 aromatic heterocycles. The molecule has 22 heavy (non-hydrogen) atoms. The maximum Gasteiger partial charge on any atom is 0.191 e. The Labute approximate surface area is 142 Å². The molecule has 0 radical (unpaired) electrons. The van der Waals surface area contributed by atoms with Crippen LogP contribution in [0.5, 0.6) is 0 Å². The third-order valence-electron chi connectivity index (χ3n) is 3.10. The largest absolute Gasteiger partial charge is 0.304 e. The van der Waals surface area contributed by atoms with Gasteiger partial charge in [-0.3, -0.25) is 4.98 Å². The smallest absolute Gasteiger partial charge is 0.191 e. The number of pyridine rings is 1. The predicted molar refractivity (Wildman–Crippen MR) is 90.3 cm³/mol. The van der Waals surface area contributed by atoms with E-state index in [1.165, 1.54) is 0 Å². The zero-order valence-corrected chi connectivity index (χ0v) is 14.0. The summed E-state index contributed by atoms with van der Waals surface area (Å²) in [5, 5.41) is 10.5. The lowest BCUT2D eigenvalue weighted by atomic mass is 10.2. The molecule has 0 saturated heterocycles. The van der Waals surface area contributed by atoms with E-state index in [1.54, 1.807) is 24.0 Å². The molecule has 3 aromatic rings. The van der Waals surface area contributed by atoms with Crippen molar-refractivity contribution >= 4 is 35.0 Å². The summed E-state index contributed by atoms with van der Waals surface area (Å²) in [6, 6.07) is 11.2. The third-order valence-corrected chi connectivity index (χ3v) is 4.76. The Kier molecular flexibility index (Phi) is 4.66. The molecular weight excluding hydrogens is 339 g/mol. The summed E-state index contributed by atoms with van der Waals surface area (Å²) in [5.74, 6) is 1.44. The van der Waals surface area contributed by atoms with Gasteiger partial charge in [0.05, 0.1) is 0 Å². The summed E-state index contributed by atoms with van der Waals surface area (Å²) in [5.41, 5.74) is 1.81. The Morgan fingerprint density at radius 3 is 2.73 bits per heavy atom. The van der Waals surface area contributed by atoms with Crippen LogP contribution >= 0.6 is 35.0 Å². The van der Waals surface area contributed by atoms with Crippen molar-refractivity contribution in [2.45, 2.75) is 10.9 Å². The maximum atomic E-state index is 6.19. The summed E-state index contributed by atoms with van der Waals surface area (Å²) in [7, 11) is 1.93. The zero-order chi connectivity index (χ0) is 15.5. The topological polar surface area (TPSA) is 43.6 Å². The van der Waals surface area contributed by atoms with Gasteiger partial charge in [-0.1, -0.05) is 47.1 Å². The third kappa shape index (κ3) is 3.27. The lowest BCUT2D eigenvalue weighted by Crippen LogP contribution is -1.96. The number of hydrogen-bond acceptors (Lipinski definition) is 4. The molecule has 0 aliphatic heterocycles. The number of aromatic nitrogens is 4. The minimum atomic E-state index is 0.634. The summed E-state index contributed by atoms with van der Waals surface area (Å²) >= 11 is 13.7. The molecule has 2 heterocycles. The van der Waals surface area contributed by atoms with E-state index in [0.29, 0.717) is 15.8 Å². The Morgan fingerprint density at radius 1 is 1.14 bits per heavy atom. The summed E-state index contributed by atoms with van der Waals surface area (Å²) in [6.07, 6.45) is 1.74. The highest BCUT2D eigenvalue weighted by Crippen LogP contribution is 2.28. The van der Waals surface area contributed by atoms with Gasteiger partial charge in [-0.2, -0.15) is 0 Å². The fraction of sp³-hybridized carbons (Fsp3) is 0.133. The molecule has 0 bridgehead atoms. The van der Waals surface area contributed by atoms with Gasteiger partial charge in [-0.15, -0.1) is 10.2 Å². The number of benzene rings is 1. The highest BCUT2D eigenvalue weighted by molar-refractivity contribution is 7.98. The number of thioether (sulfide) groups is 1. The molecule has 4 nitrogen and oxygen atoms in total. The molecule has 7 heteroatoms. The van der Waals surface area contributed by atoms with Gasteiger partial charge in [0.25, 0.3) is 0 Å². The Morgan fingerprint density at radius 2 is 2.00 bits per heavy atom. The van der Waals surface area contributed by atoms with E-state index < -0.39 is 0 Å². The first-order valence-corrected chi connectivity index (χ1v) is 8.27. The van der Waals surface area contributed by atoms with E-state index in [0.717, 1.165) is 22.2 Å². The number of halogens is 2. The van der Waals surface area contributed by atoms with Crippen molar-refractivity contribution < 1.29 is 0 Å². The molecule has 0 aliphatic carbocycles. The van der Waals surface area contributed by atoms with Gasteiger partial charge in [-0.05, 0) is 29.8 Å². The lowest BCUT2D eigenvalue weighted by Gasteiger charge is -2.05. The number of hydrogen-bond donors (Lipinski definition) is 0. The van der Waals surface area contributed by atoms with Crippen molar-refractivity contribution in [1.82, 2.24) is 19.7 Å². The van der Waals surface area contributed by atoms with E-state index in [4.69, 9.17) is 23.2 Å². The maximum absolute atomic E-state index is 6.19. The van der Waals surface area contributed by atoms with Crippen LogP contribution in [0.2, 0.25) is 10.0 Å². The molecule has 0 atom stereocenters. The van der Waals surface area contributed by atoms with Crippen LogP contribution in [0.25, 0.3) is 11.5 Å². The van der Waals surface area contributed by atoms with Gasteiger partial charge < -0.3 is 4.57 Å². The fourth-order valence-electron chi connectivity index (χ4n) is 1.94. The van der Waals surface area contributed by atoms with Crippen molar-refractivity contribution in [3.8, 4) is 11.5 Å². The Bertz CT molecular complexity index is 789. The second-order valence-corrected chi connectivity index (χ2v) is 6.39. The van der Waals surface area contributed by atoms with Crippen LogP contribution in [-0.4, -0.2) is 19.7 Å². The molecule has 3 rings (SSSR count). The van der Waals surface area contributed by atoms with Crippen LogP contribution in [-0.2, 0) is 12.8 Å². The molecular formula is C15H12Cl2N4S. The molecule has 0 N–H and O–H groups in total.